The molecule has 1 aromatic carbocycles. The van der Waals surface area contributed by atoms with Crippen molar-refractivity contribution in [2.24, 2.45) is 5.10 Å². The highest BCUT2D eigenvalue weighted by atomic mass is 19.4. The number of ether oxygens (including phenoxy) is 1. The number of amides is 2. The Bertz CT molecular complexity index is 807. The summed E-state index contributed by atoms with van der Waals surface area (Å²) >= 11 is 0. The lowest BCUT2D eigenvalue weighted by Crippen LogP contribution is -2.53. The number of hydrazone groups is 1. The van der Waals surface area contributed by atoms with Crippen molar-refractivity contribution < 1.29 is 22.7 Å². The van der Waals surface area contributed by atoms with Crippen molar-refractivity contribution in [3.63, 3.8) is 0 Å². The number of urea groups is 1. The van der Waals surface area contributed by atoms with Crippen LogP contribution in [0, 0.1) is 0 Å². The molecule has 3 aliphatic heterocycles. The molecule has 1 atom stereocenters. The minimum atomic E-state index is -4.35. The molecule has 1 spiro atoms. The lowest BCUT2D eigenvalue weighted by molar-refractivity contribution is -0.137. The van der Waals surface area contributed by atoms with Gasteiger partial charge in [0.1, 0.15) is 0 Å². The van der Waals surface area contributed by atoms with E-state index in [0.717, 1.165) is 6.07 Å². The van der Waals surface area contributed by atoms with E-state index in [1.165, 1.54) is 12.1 Å². The number of hydrogen-bond acceptors (Lipinski definition) is 6. The van der Waals surface area contributed by atoms with Crippen LogP contribution in [0.5, 0.6) is 0 Å². The molecule has 0 saturated carbocycles. The van der Waals surface area contributed by atoms with E-state index in [4.69, 9.17) is 4.74 Å². The summed E-state index contributed by atoms with van der Waals surface area (Å²) in [4.78, 5) is 14.1. The van der Waals surface area contributed by atoms with Crippen molar-refractivity contribution in [2.75, 3.05) is 26.7 Å². The van der Waals surface area contributed by atoms with E-state index >= 15 is 0 Å². The number of carbonyl (C=O) groups is 1. The number of carbonyl (C=O) groups excluding carboxylic acids is 1. The summed E-state index contributed by atoms with van der Waals surface area (Å²) in [5.41, 5.74) is 4.88. The minimum absolute atomic E-state index is 0.0729. The van der Waals surface area contributed by atoms with Crippen LogP contribution in [0.25, 0.3) is 0 Å². The number of benzene rings is 1. The molecule has 2 saturated heterocycles. The molecular formula is C18H23F3N6O2. The Labute approximate surface area is 166 Å². The molecule has 0 aromatic heterocycles. The fourth-order valence-electron chi connectivity index (χ4n) is 4.06. The Morgan fingerprint density at radius 3 is 2.76 bits per heavy atom. The van der Waals surface area contributed by atoms with Gasteiger partial charge in [-0.25, -0.2) is 10.3 Å². The van der Waals surface area contributed by atoms with Gasteiger partial charge in [-0.2, -0.15) is 13.2 Å². The molecule has 11 heteroatoms. The molecule has 2 fully saturated rings. The molecule has 0 radical (unpaired) electrons. The number of halogens is 3. The molecule has 1 unspecified atom stereocenters. The molecule has 3 heterocycles. The van der Waals surface area contributed by atoms with Crippen molar-refractivity contribution in [3.05, 3.63) is 35.4 Å². The fraction of sp³-hybridized carbons (Fsp3) is 0.556. The van der Waals surface area contributed by atoms with E-state index in [9.17, 15) is 18.0 Å². The van der Waals surface area contributed by atoms with Crippen LogP contribution in [-0.4, -0.2) is 54.2 Å². The van der Waals surface area contributed by atoms with Gasteiger partial charge in [0.25, 0.3) is 0 Å². The Morgan fingerprint density at radius 1 is 1.34 bits per heavy atom. The van der Waals surface area contributed by atoms with Gasteiger partial charge in [0.05, 0.1) is 17.8 Å². The first-order valence-corrected chi connectivity index (χ1v) is 9.45. The van der Waals surface area contributed by atoms with Crippen molar-refractivity contribution in [2.45, 2.75) is 37.0 Å². The van der Waals surface area contributed by atoms with E-state index in [2.05, 4.69) is 21.5 Å². The van der Waals surface area contributed by atoms with Gasteiger partial charge in [-0.05, 0) is 30.9 Å². The summed E-state index contributed by atoms with van der Waals surface area (Å²) in [6.07, 6.45) is -2.40. The standard InChI is InChI=1S/C18H23F3N6O2/c1-26-15(23-24-25-26)22-16(28)27-7-5-17(6-8-27)10-13(11-29-17)12-3-2-4-14(9-12)18(19,20)21/h2-4,9,13,24-25H,5-8,10-11H2,1H3,(H,22,23,28). The summed E-state index contributed by atoms with van der Waals surface area (Å²) in [5, 5.41) is 8.18. The monoisotopic (exact) mass is 412 g/mol. The summed E-state index contributed by atoms with van der Waals surface area (Å²) < 4.78 is 45.1. The third-order valence-corrected chi connectivity index (χ3v) is 5.77. The number of nitrogens with zero attached hydrogens (tertiary/aromatic N) is 3. The van der Waals surface area contributed by atoms with E-state index < -0.39 is 11.7 Å². The molecule has 29 heavy (non-hydrogen) atoms. The summed E-state index contributed by atoms with van der Waals surface area (Å²) in [6.45, 7) is 1.42. The van der Waals surface area contributed by atoms with Crippen molar-refractivity contribution in [1.82, 2.24) is 26.3 Å². The average molecular weight is 412 g/mol. The maximum absolute atomic E-state index is 13.0. The summed E-state index contributed by atoms with van der Waals surface area (Å²) in [5.74, 6) is 0.299. The van der Waals surface area contributed by atoms with Crippen molar-refractivity contribution >= 4 is 12.0 Å². The number of likely N-dealkylation sites (tertiary alicyclic amines) is 1. The van der Waals surface area contributed by atoms with Gasteiger partial charge >= 0.3 is 12.2 Å². The zero-order valence-corrected chi connectivity index (χ0v) is 15.9. The first-order valence-electron chi connectivity index (χ1n) is 9.45. The molecule has 2 amide bonds. The highest BCUT2D eigenvalue weighted by Crippen LogP contribution is 2.43. The van der Waals surface area contributed by atoms with Crippen LogP contribution in [0.2, 0.25) is 0 Å². The van der Waals surface area contributed by atoms with E-state index in [1.807, 2.05) is 0 Å². The highest BCUT2D eigenvalue weighted by Gasteiger charge is 2.44. The average Bonchev–Trinajstić information content (AvgIpc) is 3.29. The van der Waals surface area contributed by atoms with Crippen LogP contribution < -0.4 is 16.4 Å². The summed E-state index contributed by atoms with van der Waals surface area (Å²) in [7, 11) is 1.71. The predicted octanol–water partition coefficient (Wildman–Crippen LogP) is 1.98. The topological polar surface area (TPSA) is 81.2 Å². The molecule has 4 rings (SSSR count). The van der Waals surface area contributed by atoms with E-state index in [0.29, 0.717) is 50.5 Å². The Kier molecular flexibility index (Phi) is 5.03. The molecular weight excluding hydrogens is 389 g/mol. The molecule has 0 bridgehead atoms. The zero-order chi connectivity index (χ0) is 20.6. The SMILES string of the molecule is CN1NNN=C1NC(=O)N1CCC2(CC1)CC(c1cccc(C(F)(F)F)c1)CO2. The van der Waals surface area contributed by atoms with Gasteiger partial charge in [0, 0.05) is 26.1 Å². The highest BCUT2D eigenvalue weighted by molar-refractivity contribution is 5.96. The van der Waals surface area contributed by atoms with Crippen LogP contribution in [0.15, 0.2) is 29.4 Å². The lowest BCUT2D eigenvalue weighted by atomic mass is 9.83. The fourth-order valence-corrected chi connectivity index (χ4v) is 4.06. The number of hydrazine groups is 2. The Morgan fingerprint density at radius 2 is 2.10 bits per heavy atom. The molecule has 3 N–H and O–H groups in total. The largest absolute Gasteiger partial charge is 0.416 e. The maximum Gasteiger partial charge on any atom is 0.416 e. The van der Waals surface area contributed by atoms with Crippen molar-refractivity contribution in [3.8, 4) is 0 Å². The second-order valence-electron chi connectivity index (χ2n) is 7.65. The van der Waals surface area contributed by atoms with Gasteiger partial charge in [-0.1, -0.05) is 18.2 Å². The van der Waals surface area contributed by atoms with Crippen LogP contribution in [-0.2, 0) is 10.9 Å². The number of guanidine groups is 1. The Hall–Kier alpha value is -2.53. The third-order valence-electron chi connectivity index (χ3n) is 5.77. The van der Waals surface area contributed by atoms with Crippen LogP contribution in [0.4, 0.5) is 18.0 Å². The minimum Gasteiger partial charge on any atom is -0.374 e. The van der Waals surface area contributed by atoms with Crippen LogP contribution in [0.3, 0.4) is 0 Å². The van der Waals surface area contributed by atoms with Gasteiger partial charge < -0.3 is 9.64 Å². The van der Waals surface area contributed by atoms with Gasteiger partial charge in [-0.15, -0.1) is 10.6 Å². The molecule has 3 aliphatic rings. The molecule has 158 valence electrons. The maximum atomic E-state index is 13.0. The number of rotatable bonds is 1. The normalized spacial score (nSPS) is 23.9. The first-order chi connectivity index (χ1) is 13.8. The number of piperidine rings is 1. The predicted molar refractivity (Wildman–Crippen MR) is 98.3 cm³/mol. The van der Waals surface area contributed by atoms with Gasteiger partial charge in [0.2, 0.25) is 5.96 Å². The number of nitrogens with one attached hydrogen (secondary N) is 3. The van der Waals surface area contributed by atoms with Gasteiger partial charge in [-0.3, -0.25) is 10.3 Å². The van der Waals surface area contributed by atoms with Crippen LogP contribution in [0.1, 0.15) is 36.3 Å². The second kappa shape index (κ2) is 7.38. The second-order valence-corrected chi connectivity index (χ2v) is 7.65. The van der Waals surface area contributed by atoms with Crippen LogP contribution >= 0.6 is 0 Å². The van der Waals surface area contributed by atoms with Crippen molar-refractivity contribution in [1.29, 1.82) is 0 Å². The van der Waals surface area contributed by atoms with E-state index in [-0.39, 0.29) is 17.6 Å². The Balaban J connectivity index is 1.35. The lowest BCUT2D eigenvalue weighted by Gasteiger charge is -2.38. The molecule has 1 aromatic rings. The summed E-state index contributed by atoms with van der Waals surface area (Å²) in [6, 6.07) is 5.23. The number of hydrogen-bond donors (Lipinski definition) is 3. The molecule has 0 aliphatic carbocycles. The first kappa shape index (κ1) is 19.8. The van der Waals surface area contributed by atoms with E-state index in [1.54, 1.807) is 23.0 Å². The number of alkyl halides is 3. The quantitative estimate of drug-likeness (QED) is 0.657. The van der Waals surface area contributed by atoms with Gasteiger partial charge in [0.15, 0.2) is 0 Å². The third kappa shape index (κ3) is 4.10. The zero-order valence-electron chi connectivity index (χ0n) is 15.9. The smallest absolute Gasteiger partial charge is 0.374 e. The molecule has 8 nitrogen and oxygen atoms in total.